The molecule has 0 amide bonds. The Balaban J connectivity index is 2.07. The van der Waals surface area contributed by atoms with E-state index in [-0.39, 0.29) is 10.6 Å². The highest BCUT2D eigenvalue weighted by Crippen LogP contribution is 2.27. The van der Waals surface area contributed by atoms with E-state index in [4.69, 9.17) is 0 Å². The van der Waals surface area contributed by atoms with Crippen LogP contribution in [0.3, 0.4) is 0 Å². The summed E-state index contributed by atoms with van der Waals surface area (Å²) in [6.45, 7) is 1.75. The lowest BCUT2D eigenvalue weighted by atomic mass is 10.2. The second-order valence-electron chi connectivity index (χ2n) is 4.09. The molecule has 2 rings (SSSR count). The quantitative estimate of drug-likeness (QED) is 0.662. The fourth-order valence-electron chi connectivity index (χ4n) is 1.97. The normalized spacial score (nSPS) is 19.2. The van der Waals surface area contributed by atoms with Crippen molar-refractivity contribution >= 4 is 27.3 Å². The monoisotopic (exact) mass is 299 g/mol. The molecule has 1 heterocycles. The van der Waals surface area contributed by atoms with E-state index in [9.17, 15) is 10.1 Å². The Morgan fingerprint density at radius 2 is 2.41 bits per heavy atom. The molecule has 1 unspecified atom stereocenters. The topological polar surface area (TPSA) is 67.2 Å². The van der Waals surface area contributed by atoms with E-state index in [1.165, 1.54) is 12.5 Å². The number of nitrogens with zero attached hydrogens (tertiary/aromatic N) is 1. The van der Waals surface area contributed by atoms with Crippen LogP contribution < -0.4 is 10.6 Å². The van der Waals surface area contributed by atoms with Crippen molar-refractivity contribution in [3.63, 3.8) is 0 Å². The number of halogens is 1. The SMILES string of the molecule is O=[N+]([O-])c1ccc(Br)cc1NCC1CCCN1. The molecule has 1 aliphatic heterocycles. The Labute approximate surface area is 108 Å². The van der Waals surface area contributed by atoms with Crippen LogP contribution in [0.2, 0.25) is 0 Å². The van der Waals surface area contributed by atoms with Gasteiger partial charge in [0.25, 0.3) is 5.69 Å². The molecule has 1 fully saturated rings. The molecule has 1 aromatic carbocycles. The number of nitro groups is 1. The van der Waals surface area contributed by atoms with Crippen molar-refractivity contribution in [3.05, 3.63) is 32.8 Å². The Morgan fingerprint density at radius 1 is 1.59 bits per heavy atom. The van der Waals surface area contributed by atoms with Gasteiger partial charge < -0.3 is 10.6 Å². The van der Waals surface area contributed by atoms with E-state index in [1.807, 2.05) is 0 Å². The van der Waals surface area contributed by atoms with Crippen LogP contribution in [-0.4, -0.2) is 24.1 Å². The number of nitrogens with one attached hydrogen (secondary N) is 2. The third-order valence-corrected chi connectivity index (χ3v) is 3.35. The van der Waals surface area contributed by atoms with E-state index in [1.54, 1.807) is 12.1 Å². The fraction of sp³-hybridized carbons (Fsp3) is 0.455. The molecule has 2 N–H and O–H groups in total. The molecule has 0 radical (unpaired) electrons. The van der Waals surface area contributed by atoms with Gasteiger partial charge in [-0.25, -0.2) is 0 Å². The molecule has 1 saturated heterocycles. The highest BCUT2D eigenvalue weighted by atomic mass is 79.9. The first-order valence-electron chi connectivity index (χ1n) is 5.58. The van der Waals surface area contributed by atoms with Crippen LogP contribution in [0, 0.1) is 10.1 Å². The van der Waals surface area contributed by atoms with Gasteiger partial charge in [-0.1, -0.05) is 15.9 Å². The molecule has 5 nitrogen and oxygen atoms in total. The summed E-state index contributed by atoms with van der Waals surface area (Å²) in [6, 6.07) is 5.34. The van der Waals surface area contributed by atoms with E-state index in [0.29, 0.717) is 11.7 Å². The van der Waals surface area contributed by atoms with Gasteiger partial charge in [-0.3, -0.25) is 10.1 Å². The summed E-state index contributed by atoms with van der Waals surface area (Å²) in [4.78, 5) is 10.5. The van der Waals surface area contributed by atoms with Crippen molar-refractivity contribution in [1.82, 2.24) is 5.32 Å². The van der Waals surface area contributed by atoms with Gasteiger partial charge in [0, 0.05) is 23.1 Å². The third kappa shape index (κ3) is 3.17. The summed E-state index contributed by atoms with van der Waals surface area (Å²) in [5.41, 5.74) is 0.685. The van der Waals surface area contributed by atoms with Crippen molar-refractivity contribution in [1.29, 1.82) is 0 Å². The lowest BCUT2D eigenvalue weighted by Crippen LogP contribution is -2.29. The summed E-state index contributed by atoms with van der Waals surface area (Å²) in [5.74, 6) is 0. The van der Waals surface area contributed by atoms with Gasteiger partial charge in [-0.05, 0) is 31.5 Å². The summed E-state index contributed by atoms with van der Waals surface area (Å²) >= 11 is 3.32. The highest BCUT2D eigenvalue weighted by Gasteiger charge is 2.17. The van der Waals surface area contributed by atoms with Crippen molar-refractivity contribution in [2.75, 3.05) is 18.4 Å². The largest absolute Gasteiger partial charge is 0.378 e. The van der Waals surface area contributed by atoms with Crippen molar-refractivity contribution in [2.24, 2.45) is 0 Å². The Bertz CT molecular complexity index is 419. The second kappa shape index (κ2) is 5.46. The van der Waals surface area contributed by atoms with Gasteiger partial charge in [-0.15, -0.1) is 0 Å². The fourth-order valence-corrected chi connectivity index (χ4v) is 2.33. The molecule has 0 aromatic heterocycles. The molecule has 0 bridgehead atoms. The third-order valence-electron chi connectivity index (χ3n) is 2.86. The van der Waals surface area contributed by atoms with Crippen LogP contribution in [0.4, 0.5) is 11.4 Å². The van der Waals surface area contributed by atoms with Crippen LogP contribution in [0.5, 0.6) is 0 Å². The number of benzene rings is 1. The van der Waals surface area contributed by atoms with Crippen molar-refractivity contribution < 1.29 is 4.92 Å². The predicted octanol–water partition coefficient (Wildman–Crippen LogP) is 2.52. The average Bonchev–Trinajstić information content (AvgIpc) is 2.78. The molecule has 0 saturated carbocycles. The minimum atomic E-state index is -0.364. The first-order chi connectivity index (χ1) is 8.16. The molecule has 0 aliphatic carbocycles. The van der Waals surface area contributed by atoms with E-state index in [2.05, 4.69) is 26.6 Å². The maximum atomic E-state index is 10.9. The van der Waals surface area contributed by atoms with Gasteiger partial charge in [-0.2, -0.15) is 0 Å². The van der Waals surface area contributed by atoms with Gasteiger partial charge >= 0.3 is 0 Å². The zero-order valence-electron chi connectivity index (χ0n) is 9.28. The second-order valence-corrected chi connectivity index (χ2v) is 5.01. The Kier molecular flexibility index (Phi) is 3.96. The molecule has 6 heteroatoms. The average molecular weight is 300 g/mol. The Morgan fingerprint density at radius 3 is 3.06 bits per heavy atom. The molecular weight excluding hydrogens is 286 g/mol. The molecular formula is C11H14BrN3O2. The smallest absolute Gasteiger partial charge is 0.292 e. The first kappa shape index (κ1) is 12.3. The minimum absolute atomic E-state index is 0.117. The van der Waals surface area contributed by atoms with E-state index in [0.717, 1.165) is 24.0 Å². The van der Waals surface area contributed by atoms with E-state index < -0.39 is 0 Å². The predicted molar refractivity (Wildman–Crippen MR) is 70.3 cm³/mol. The maximum Gasteiger partial charge on any atom is 0.292 e. The molecule has 0 spiro atoms. The number of hydrogen-bond acceptors (Lipinski definition) is 4. The zero-order chi connectivity index (χ0) is 12.3. The summed E-state index contributed by atoms with van der Waals surface area (Å²) in [5, 5.41) is 17.4. The van der Waals surface area contributed by atoms with Crippen molar-refractivity contribution in [2.45, 2.75) is 18.9 Å². The molecule has 17 heavy (non-hydrogen) atoms. The lowest BCUT2D eigenvalue weighted by Gasteiger charge is -2.12. The van der Waals surface area contributed by atoms with Crippen LogP contribution in [0.25, 0.3) is 0 Å². The Hall–Kier alpha value is -1.14. The number of rotatable bonds is 4. The lowest BCUT2D eigenvalue weighted by molar-refractivity contribution is -0.384. The van der Waals surface area contributed by atoms with E-state index >= 15 is 0 Å². The van der Waals surface area contributed by atoms with Crippen LogP contribution in [0.1, 0.15) is 12.8 Å². The summed E-state index contributed by atoms with van der Waals surface area (Å²) in [7, 11) is 0. The van der Waals surface area contributed by atoms with Crippen LogP contribution in [0.15, 0.2) is 22.7 Å². The van der Waals surface area contributed by atoms with Gasteiger partial charge in [0.2, 0.25) is 0 Å². The summed E-state index contributed by atoms with van der Waals surface area (Å²) < 4.78 is 0.838. The maximum absolute atomic E-state index is 10.9. The van der Waals surface area contributed by atoms with Gasteiger partial charge in [0.05, 0.1) is 4.92 Å². The molecule has 92 valence electrons. The molecule has 1 aromatic rings. The summed E-state index contributed by atoms with van der Waals surface area (Å²) in [6.07, 6.45) is 2.29. The highest BCUT2D eigenvalue weighted by molar-refractivity contribution is 9.10. The zero-order valence-corrected chi connectivity index (χ0v) is 10.9. The van der Waals surface area contributed by atoms with Gasteiger partial charge in [0.1, 0.15) is 5.69 Å². The first-order valence-corrected chi connectivity index (χ1v) is 6.37. The number of anilines is 1. The standard InChI is InChI=1S/C11H14BrN3O2/c12-8-3-4-11(15(16)17)10(6-8)14-7-9-2-1-5-13-9/h3-4,6,9,13-14H,1-2,5,7H2. The van der Waals surface area contributed by atoms with Gasteiger partial charge in [0.15, 0.2) is 0 Å². The molecule has 1 atom stereocenters. The molecule has 1 aliphatic rings. The van der Waals surface area contributed by atoms with Crippen LogP contribution in [-0.2, 0) is 0 Å². The van der Waals surface area contributed by atoms with Crippen LogP contribution >= 0.6 is 15.9 Å². The number of hydrogen-bond donors (Lipinski definition) is 2. The number of nitro benzene ring substituents is 1. The minimum Gasteiger partial charge on any atom is -0.378 e. The van der Waals surface area contributed by atoms with Crippen molar-refractivity contribution in [3.8, 4) is 0 Å².